The van der Waals surface area contributed by atoms with Gasteiger partial charge in [0.1, 0.15) is 5.75 Å². The van der Waals surface area contributed by atoms with E-state index in [0.29, 0.717) is 5.75 Å². The highest BCUT2D eigenvalue weighted by Crippen LogP contribution is 2.41. The highest BCUT2D eigenvalue weighted by molar-refractivity contribution is 5.94. The van der Waals surface area contributed by atoms with Crippen LogP contribution in [0.1, 0.15) is 24.5 Å². The van der Waals surface area contributed by atoms with Crippen molar-refractivity contribution < 1.29 is 9.84 Å². The Morgan fingerprint density at radius 3 is 2.92 bits per heavy atom. The summed E-state index contributed by atoms with van der Waals surface area (Å²) in [4.78, 5) is 0. The van der Waals surface area contributed by atoms with E-state index in [1.165, 1.54) is 33.3 Å². The maximum Gasteiger partial charge on any atom is 0.116 e. The second kappa shape index (κ2) is 6.06. The fourth-order valence-corrected chi connectivity index (χ4v) is 4.51. The van der Waals surface area contributed by atoms with Crippen LogP contribution in [0.5, 0.6) is 5.75 Å². The van der Waals surface area contributed by atoms with Crippen molar-refractivity contribution in [3.8, 4) is 17.0 Å². The molecule has 0 bridgehead atoms. The topological polar surface area (TPSA) is 37.6 Å². The molecule has 0 amide bonds. The van der Waals surface area contributed by atoms with Gasteiger partial charge in [0, 0.05) is 10.9 Å². The number of nitrogens with zero attached hydrogens (tertiary/aromatic N) is 2. The number of phenolic OH excluding ortho intramolecular Hbond substituents is 1. The number of benzene rings is 2. The standard InChI is InChI=1S/C22H24N2O2/c1-2-17-14-23(11-12-26-17)24-21-10-8-16(25)13-20(21)19-9-7-15-5-3-4-6-18(15)22(19)24/h3-6,8,10,13,17,25H,2,7,9,11-12,14H2,1H3. The van der Waals surface area contributed by atoms with E-state index in [9.17, 15) is 5.11 Å². The van der Waals surface area contributed by atoms with Crippen molar-refractivity contribution in [1.29, 1.82) is 0 Å². The minimum Gasteiger partial charge on any atom is -0.508 e. The normalized spacial score (nSPS) is 19.4. The van der Waals surface area contributed by atoms with Crippen molar-refractivity contribution >= 4 is 10.9 Å². The lowest BCUT2D eigenvalue weighted by atomic mass is 9.89. The Balaban J connectivity index is 1.77. The number of aryl methyl sites for hydroxylation is 2. The number of hydrogen-bond donors (Lipinski definition) is 1. The molecular weight excluding hydrogens is 324 g/mol. The first-order chi connectivity index (χ1) is 12.8. The number of fused-ring (bicyclic) bond motifs is 5. The number of aromatic hydroxyl groups is 1. The molecule has 1 aliphatic heterocycles. The summed E-state index contributed by atoms with van der Waals surface area (Å²) in [5.41, 5.74) is 6.57. The van der Waals surface area contributed by atoms with Gasteiger partial charge in [-0.3, -0.25) is 4.68 Å². The van der Waals surface area contributed by atoms with Crippen LogP contribution in [0.3, 0.4) is 0 Å². The number of morpholine rings is 1. The molecule has 134 valence electrons. The van der Waals surface area contributed by atoms with Gasteiger partial charge >= 0.3 is 0 Å². The highest BCUT2D eigenvalue weighted by Gasteiger charge is 2.29. The lowest BCUT2D eigenvalue weighted by Gasteiger charge is -2.37. The zero-order valence-corrected chi connectivity index (χ0v) is 15.1. The van der Waals surface area contributed by atoms with E-state index in [2.05, 4.69) is 46.9 Å². The molecule has 2 aliphatic rings. The second-order valence-corrected chi connectivity index (χ2v) is 7.31. The van der Waals surface area contributed by atoms with Gasteiger partial charge in [0.15, 0.2) is 0 Å². The van der Waals surface area contributed by atoms with E-state index < -0.39 is 0 Å². The fourth-order valence-electron chi connectivity index (χ4n) is 4.51. The Morgan fingerprint density at radius 1 is 1.15 bits per heavy atom. The van der Waals surface area contributed by atoms with Crippen molar-refractivity contribution in [1.82, 2.24) is 4.68 Å². The third-order valence-electron chi connectivity index (χ3n) is 5.80. The Hall–Kier alpha value is -2.46. The number of phenols is 1. The average molecular weight is 348 g/mol. The third kappa shape index (κ3) is 2.32. The summed E-state index contributed by atoms with van der Waals surface area (Å²) in [5.74, 6) is 0.338. The molecule has 2 heterocycles. The van der Waals surface area contributed by atoms with E-state index in [4.69, 9.17) is 4.74 Å². The lowest BCUT2D eigenvalue weighted by molar-refractivity contribution is 0.0302. The zero-order valence-electron chi connectivity index (χ0n) is 15.1. The van der Waals surface area contributed by atoms with Crippen LogP contribution in [0, 0.1) is 0 Å². The van der Waals surface area contributed by atoms with Crippen LogP contribution in [0.15, 0.2) is 42.5 Å². The quantitative estimate of drug-likeness (QED) is 0.764. The van der Waals surface area contributed by atoms with Gasteiger partial charge in [0.2, 0.25) is 0 Å². The maximum absolute atomic E-state index is 10.1. The minimum atomic E-state index is 0.271. The molecule has 4 heteroatoms. The molecule has 1 N–H and O–H groups in total. The summed E-state index contributed by atoms with van der Waals surface area (Å²) >= 11 is 0. The molecule has 1 atom stereocenters. The van der Waals surface area contributed by atoms with Gasteiger partial charge < -0.3 is 14.9 Å². The first-order valence-corrected chi connectivity index (χ1v) is 9.57. The largest absolute Gasteiger partial charge is 0.508 e. The van der Waals surface area contributed by atoms with E-state index in [-0.39, 0.29) is 6.10 Å². The predicted octanol–water partition coefficient (Wildman–Crippen LogP) is 3.86. The second-order valence-electron chi connectivity index (χ2n) is 7.31. The van der Waals surface area contributed by atoms with E-state index in [1.807, 2.05) is 6.07 Å². The van der Waals surface area contributed by atoms with Gasteiger partial charge in [-0.25, -0.2) is 0 Å². The van der Waals surface area contributed by atoms with Crippen molar-refractivity contribution in [2.24, 2.45) is 0 Å². The maximum atomic E-state index is 10.1. The molecule has 1 fully saturated rings. The first kappa shape index (κ1) is 15.8. The predicted molar refractivity (Wildman–Crippen MR) is 104 cm³/mol. The average Bonchev–Trinajstić information content (AvgIpc) is 3.02. The molecule has 0 saturated carbocycles. The van der Waals surface area contributed by atoms with Gasteiger partial charge in [-0.2, -0.15) is 0 Å². The molecule has 0 spiro atoms. The summed E-state index contributed by atoms with van der Waals surface area (Å²) in [5, 5.41) is 13.7. The van der Waals surface area contributed by atoms with Crippen LogP contribution < -0.4 is 5.01 Å². The molecule has 2 aromatic carbocycles. The Morgan fingerprint density at radius 2 is 2.04 bits per heavy atom. The molecule has 1 saturated heterocycles. The molecule has 1 aromatic heterocycles. The van der Waals surface area contributed by atoms with Crippen LogP contribution in [-0.4, -0.2) is 35.6 Å². The van der Waals surface area contributed by atoms with Crippen molar-refractivity contribution in [3.05, 3.63) is 53.6 Å². The van der Waals surface area contributed by atoms with Gasteiger partial charge in [0.25, 0.3) is 0 Å². The third-order valence-corrected chi connectivity index (χ3v) is 5.80. The SMILES string of the molecule is CCC1CN(n2c3c(c4cc(O)ccc42)CCc2ccccc2-3)CCO1. The number of hydrogen-bond acceptors (Lipinski definition) is 3. The number of rotatable bonds is 2. The van der Waals surface area contributed by atoms with Crippen molar-refractivity contribution in [3.63, 3.8) is 0 Å². The summed E-state index contributed by atoms with van der Waals surface area (Å²) in [6.07, 6.45) is 3.36. The Kier molecular flexibility index (Phi) is 3.68. The molecule has 5 rings (SSSR count). The number of aromatic nitrogens is 1. The Labute approximate surface area is 153 Å². The summed E-state index contributed by atoms with van der Waals surface area (Å²) in [6, 6.07) is 14.5. The van der Waals surface area contributed by atoms with Crippen LogP contribution in [0.25, 0.3) is 22.2 Å². The van der Waals surface area contributed by atoms with E-state index in [1.54, 1.807) is 6.07 Å². The Bertz CT molecular complexity index is 976. The molecule has 1 aliphatic carbocycles. The molecule has 1 unspecified atom stereocenters. The van der Waals surface area contributed by atoms with Crippen LogP contribution in [0.4, 0.5) is 0 Å². The molecule has 4 nitrogen and oxygen atoms in total. The fraction of sp³-hybridized carbons (Fsp3) is 0.364. The number of ether oxygens (including phenoxy) is 1. The summed E-state index contributed by atoms with van der Waals surface area (Å²) in [7, 11) is 0. The van der Waals surface area contributed by atoms with Crippen molar-refractivity contribution in [2.45, 2.75) is 32.3 Å². The molecule has 3 aromatic rings. The minimum absolute atomic E-state index is 0.271. The van der Waals surface area contributed by atoms with Gasteiger partial charge in [-0.05, 0) is 48.6 Å². The first-order valence-electron chi connectivity index (χ1n) is 9.57. The monoisotopic (exact) mass is 348 g/mol. The summed E-state index contributed by atoms with van der Waals surface area (Å²) in [6.45, 7) is 4.73. The van der Waals surface area contributed by atoms with Crippen molar-refractivity contribution in [2.75, 3.05) is 24.7 Å². The van der Waals surface area contributed by atoms with Crippen LogP contribution in [0.2, 0.25) is 0 Å². The van der Waals surface area contributed by atoms with Crippen LogP contribution >= 0.6 is 0 Å². The zero-order chi connectivity index (χ0) is 17.7. The van der Waals surface area contributed by atoms with Gasteiger partial charge in [-0.1, -0.05) is 31.2 Å². The smallest absolute Gasteiger partial charge is 0.116 e. The highest BCUT2D eigenvalue weighted by atomic mass is 16.5. The lowest BCUT2D eigenvalue weighted by Crippen LogP contribution is -2.48. The van der Waals surface area contributed by atoms with E-state index in [0.717, 1.165) is 39.0 Å². The van der Waals surface area contributed by atoms with Gasteiger partial charge in [0.05, 0.1) is 37.0 Å². The molecular formula is C22H24N2O2. The summed E-state index contributed by atoms with van der Waals surface area (Å²) < 4.78 is 8.30. The molecule has 0 radical (unpaired) electrons. The van der Waals surface area contributed by atoms with Crippen LogP contribution in [-0.2, 0) is 17.6 Å². The van der Waals surface area contributed by atoms with Gasteiger partial charge in [-0.15, -0.1) is 0 Å². The van der Waals surface area contributed by atoms with E-state index >= 15 is 0 Å². The molecule has 26 heavy (non-hydrogen) atoms.